The zero-order chi connectivity index (χ0) is 12.9. The number of thioether (sulfide) groups is 1. The third kappa shape index (κ3) is 5.45. The average molecular weight is 267 g/mol. The van der Waals surface area contributed by atoms with E-state index in [1.807, 2.05) is 24.6 Å². The van der Waals surface area contributed by atoms with Crippen LogP contribution in [0.3, 0.4) is 0 Å². The van der Waals surface area contributed by atoms with Crippen LogP contribution in [0.1, 0.15) is 18.3 Å². The molecule has 0 atom stereocenters. The van der Waals surface area contributed by atoms with Gasteiger partial charge in [0.1, 0.15) is 0 Å². The van der Waals surface area contributed by atoms with E-state index in [4.69, 9.17) is 0 Å². The molecular weight excluding hydrogens is 251 g/mol. The summed E-state index contributed by atoms with van der Waals surface area (Å²) in [5, 5.41) is 7.24. The molecule has 3 nitrogen and oxygen atoms in total. The maximum absolute atomic E-state index is 11.8. The van der Waals surface area contributed by atoms with Gasteiger partial charge in [0.15, 0.2) is 0 Å². The van der Waals surface area contributed by atoms with Gasteiger partial charge in [-0.05, 0) is 31.7 Å². The molecule has 0 bridgehead atoms. The molecule has 17 heavy (non-hydrogen) atoms. The molecule has 0 aliphatic rings. The van der Waals surface area contributed by atoms with Crippen molar-refractivity contribution < 1.29 is 13.2 Å². The van der Waals surface area contributed by atoms with Crippen LogP contribution < -0.4 is 5.32 Å². The van der Waals surface area contributed by atoms with E-state index in [2.05, 4.69) is 10.4 Å². The molecule has 0 saturated heterocycles. The molecule has 1 rings (SSSR count). The zero-order valence-electron chi connectivity index (χ0n) is 9.84. The molecule has 0 unspecified atom stereocenters. The largest absolute Gasteiger partial charge is 0.441 e. The van der Waals surface area contributed by atoms with Crippen LogP contribution >= 0.6 is 11.8 Å². The summed E-state index contributed by atoms with van der Waals surface area (Å²) in [6, 6.07) is 1.94. The first-order chi connectivity index (χ1) is 7.92. The van der Waals surface area contributed by atoms with E-state index in [-0.39, 0.29) is 17.5 Å². The molecule has 1 aromatic rings. The van der Waals surface area contributed by atoms with Crippen LogP contribution in [-0.2, 0) is 13.1 Å². The Bertz CT molecular complexity index is 349. The van der Waals surface area contributed by atoms with Crippen molar-refractivity contribution in [2.45, 2.75) is 32.4 Å². The minimum Gasteiger partial charge on any atom is -0.310 e. The van der Waals surface area contributed by atoms with Crippen molar-refractivity contribution in [1.29, 1.82) is 0 Å². The van der Waals surface area contributed by atoms with Crippen LogP contribution in [-0.4, -0.2) is 27.6 Å². The number of alkyl halides is 3. The fourth-order valence-corrected chi connectivity index (χ4v) is 1.95. The summed E-state index contributed by atoms with van der Waals surface area (Å²) in [5.74, 6) is 0.0305. The highest BCUT2D eigenvalue weighted by atomic mass is 32.2. The second-order valence-electron chi connectivity index (χ2n) is 3.56. The lowest BCUT2D eigenvalue weighted by molar-refractivity contribution is -0.0327. The molecule has 1 heterocycles. The lowest BCUT2D eigenvalue weighted by atomic mass is 10.3. The molecule has 0 saturated carbocycles. The second-order valence-corrected chi connectivity index (χ2v) is 4.72. The Morgan fingerprint density at radius 1 is 1.47 bits per heavy atom. The van der Waals surface area contributed by atoms with Gasteiger partial charge in [0.05, 0.1) is 11.4 Å². The van der Waals surface area contributed by atoms with E-state index in [9.17, 15) is 13.2 Å². The lowest BCUT2D eigenvalue weighted by Crippen LogP contribution is -2.20. The molecule has 0 fully saturated rings. The Labute approximate surface area is 103 Å². The van der Waals surface area contributed by atoms with Crippen molar-refractivity contribution in [2.24, 2.45) is 0 Å². The Kier molecular flexibility index (Phi) is 5.32. The van der Waals surface area contributed by atoms with Crippen LogP contribution in [0.4, 0.5) is 13.2 Å². The SMILES string of the molecule is CCn1nc(C)cc1CNCCSC(F)(F)F. The summed E-state index contributed by atoms with van der Waals surface area (Å²) in [6.45, 7) is 5.53. The molecule has 98 valence electrons. The predicted octanol–water partition coefficient (Wildman–Crippen LogP) is 2.55. The monoisotopic (exact) mass is 267 g/mol. The molecule has 0 aliphatic carbocycles. The van der Waals surface area contributed by atoms with E-state index in [0.717, 1.165) is 17.9 Å². The first-order valence-electron chi connectivity index (χ1n) is 5.37. The topological polar surface area (TPSA) is 29.9 Å². The Morgan fingerprint density at radius 2 is 2.18 bits per heavy atom. The number of halogens is 3. The van der Waals surface area contributed by atoms with Gasteiger partial charge in [0.2, 0.25) is 0 Å². The van der Waals surface area contributed by atoms with Gasteiger partial charge in [-0.25, -0.2) is 0 Å². The van der Waals surface area contributed by atoms with Crippen molar-refractivity contribution in [2.75, 3.05) is 12.3 Å². The molecule has 7 heteroatoms. The number of aromatic nitrogens is 2. The molecule has 0 aromatic carbocycles. The molecule has 0 spiro atoms. The minimum absolute atomic E-state index is 0.00106. The van der Waals surface area contributed by atoms with Gasteiger partial charge < -0.3 is 5.32 Å². The number of aryl methyl sites for hydroxylation is 2. The van der Waals surface area contributed by atoms with Crippen molar-refractivity contribution >= 4 is 11.8 Å². The van der Waals surface area contributed by atoms with Gasteiger partial charge in [0, 0.05) is 25.4 Å². The van der Waals surface area contributed by atoms with Crippen LogP contribution in [0.2, 0.25) is 0 Å². The minimum atomic E-state index is -4.14. The highest BCUT2D eigenvalue weighted by molar-refractivity contribution is 8.00. The number of nitrogens with one attached hydrogen (secondary N) is 1. The van der Waals surface area contributed by atoms with Gasteiger partial charge in [-0.3, -0.25) is 4.68 Å². The average Bonchev–Trinajstić information content (AvgIpc) is 2.57. The fraction of sp³-hybridized carbons (Fsp3) is 0.700. The van der Waals surface area contributed by atoms with Crippen LogP contribution in [0, 0.1) is 6.92 Å². The smallest absolute Gasteiger partial charge is 0.310 e. The Balaban J connectivity index is 2.26. The van der Waals surface area contributed by atoms with Crippen molar-refractivity contribution in [1.82, 2.24) is 15.1 Å². The fourth-order valence-electron chi connectivity index (χ4n) is 1.47. The van der Waals surface area contributed by atoms with Crippen molar-refractivity contribution in [3.63, 3.8) is 0 Å². The van der Waals surface area contributed by atoms with E-state index < -0.39 is 5.51 Å². The zero-order valence-corrected chi connectivity index (χ0v) is 10.7. The maximum Gasteiger partial charge on any atom is 0.441 e. The Morgan fingerprint density at radius 3 is 2.76 bits per heavy atom. The molecule has 0 aliphatic heterocycles. The van der Waals surface area contributed by atoms with Crippen molar-refractivity contribution in [3.05, 3.63) is 17.5 Å². The normalized spacial score (nSPS) is 12.1. The number of nitrogens with zero attached hydrogens (tertiary/aromatic N) is 2. The molecule has 0 radical (unpaired) electrons. The number of rotatable bonds is 6. The molecular formula is C10H16F3N3S. The Hall–Kier alpha value is -0.690. The van der Waals surface area contributed by atoms with Gasteiger partial charge in [-0.15, -0.1) is 0 Å². The number of hydrogen-bond donors (Lipinski definition) is 1. The first kappa shape index (κ1) is 14.4. The van der Waals surface area contributed by atoms with Crippen LogP contribution in [0.25, 0.3) is 0 Å². The van der Waals surface area contributed by atoms with E-state index in [1.165, 1.54) is 0 Å². The third-order valence-electron chi connectivity index (χ3n) is 2.14. The molecule has 0 amide bonds. The van der Waals surface area contributed by atoms with E-state index in [0.29, 0.717) is 13.1 Å². The van der Waals surface area contributed by atoms with E-state index in [1.54, 1.807) is 0 Å². The lowest BCUT2D eigenvalue weighted by Gasteiger charge is -2.07. The van der Waals surface area contributed by atoms with Gasteiger partial charge in [-0.1, -0.05) is 0 Å². The van der Waals surface area contributed by atoms with Gasteiger partial charge in [-0.2, -0.15) is 18.3 Å². The van der Waals surface area contributed by atoms with Crippen LogP contribution in [0.15, 0.2) is 6.07 Å². The van der Waals surface area contributed by atoms with E-state index >= 15 is 0 Å². The maximum atomic E-state index is 11.8. The number of hydrogen-bond acceptors (Lipinski definition) is 3. The summed E-state index contributed by atoms with van der Waals surface area (Å²) in [7, 11) is 0. The van der Waals surface area contributed by atoms with Gasteiger partial charge in [0.25, 0.3) is 0 Å². The molecule has 1 aromatic heterocycles. The van der Waals surface area contributed by atoms with Gasteiger partial charge >= 0.3 is 5.51 Å². The summed E-state index contributed by atoms with van der Waals surface area (Å²) < 4.78 is 37.4. The van der Waals surface area contributed by atoms with Crippen LogP contribution in [0.5, 0.6) is 0 Å². The summed E-state index contributed by atoms with van der Waals surface area (Å²) in [5.41, 5.74) is -2.21. The third-order valence-corrected chi connectivity index (χ3v) is 2.87. The molecule has 1 N–H and O–H groups in total. The standard InChI is InChI=1S/C10H16F3N3S/c1-3-16-9(6-8(2)15-16)7-14-4-5-17-10(11,12)13/h6,14H,3-5,7H2,1-2H3. The second kappa shape index (κ2) is 6.30. The highest BCUT2D eigenvalue weighted by Gasteiger charge is 2.27. The summed E-state index contributed by atoms with van der Waals surface area (Å²) in [6.07, 6.45) is 0. The van der Waals surface area contributed by atoms with Crippen molar-refractivity contribution in [3.8, 4) is 0 Å². The first-order valence-corrected chi connectivity index (χ1v) is 6.35. The quantitative estimate of drug-likeness (QED) is 0.803. The predicted molar refractivity (Wildman–Crippen MR) is 62.9 cm³/mol. The summed E-state index contributed by atoms with van der Waals surface area (Å²) >= 11 is -0.00106. The highest BCUT2D eigenvalue weighted by Crippen LogP contribution is 2.29. The summed E-state index contributed by atoms with van der Waals surface area (Å²) in [4.78, 5) is 0.